The van der Waals surface area contributed by atoms with Crippen LogP contribution in [0.4, 0.5) is 0 Å². The van der Waals surface area contributed by atoms with Crippen LogP contribution in [-0.2, 0) is 14.4 Å². The monoisotopic (exact) mass is 500 g/mol. The maximum absolute atomic E-state index is 13.2. The number of imide groups is 1. The third-order valence-electron chi connectivity index (χ3n) is 6.33. The van der Waals surface area contributed by atoms with Crippen LogP contribution in [-0.4, -0.2) is 63.5 Å². The SMILES string of the molecule is CC(C)C[C@H](CC(=O)N(O)CN1C(=O)c2ccccc2C1=O)C(=O)N[C@H](C(=O)NC1CC1)C(C)(C)C. The molecule has 0 spiro atoms. The van der Waals surface area contributed by atoms with E-state index in [0.717, 1.165) is 17.7 Å². The largest absolute Gasteiger partial charge is 0.352 e. The summed E-state index contributed by atoms with van der Waals surface area (Å²) in [6.07, 6.45) is 1.84. The summed E-state index contributed by atoms with van der Waals surface area (Å²) in [6.45, 7) is 8.72. The van der Waals surface area contributed by atoms with Gasteiger partial charge in [-0.25, -0.2) is 5.06 Å². The molecule has 1 aliphatic heterocycles. The molecule has 0 saturated heterocycles. The smallest absolute Gasteiger partial charge is 0.263 e. The van der Waals surface area contributed by atoms with Gasteiger partial charge in [0.05, 0.1) is 11.1 Å². The molecule has 1 saturated carbocycles. The lowest BCUT2D eigenvalue weighted by molar-refractivity contribution is -0.172. The van der Waals surface area contributed by atoms with Crippen molar-refractivity contribution < 1.29 is 29.2 Å². The molecule has 3 N–H and O–H groups in total. The van der Waals surface area contributed by atoms with Gasteiger partial charge in [0.25, 0.3) is 11.8 Å². The van der Waals surface area contributed by atoms with Crippen LogP contribution in [0.25, 0.3) is 0 Å². The van der Waals surface area contributed by atoms with Crippen molar-refractivity contribution in [2.24, 2.45) is 17.3 Å². The van der Waals surface area contributed by atoms with Gasteiger partial charge in [0.15, 0.2) is 0 Å². The van der Waals surface area contributed by atoms with E-state index in [-0.39, 0.29) is 35.4 Å². The zero-order valence-corrected chi connectivity index (χ0v) is 21.5. The number of hydrogen-bond donors (Lipinski definition) is 3. The highest BCUT2D eigenvalue weighted by Gasteiger charge is 2.39. The highest BCUT2D eigenvalue weighted by Crippen LogP contribution is 2.26. The minimum Gasteiger partial charge on any atom is -0.352 e. The van der Waals surface area contributed by atoms with Crippen molar-refractivity contribution in [3.05, 3.63) is 35.4 Å². The molecule has 1 aromatic carbocycles. The second-order valence-electron chi connectivity index (χ2n) is 11.1. The molecule has 2 aliphatic rings. The Morgan fingerprint density at radius 2 is 1.61 bits per heavy atom. The van der Waals surface area contributed by atoms with Crippen molar-refractivity contribution in [2.45, 2.75) is 72.4 Å². The number of hydroxylamine groups is 2. The van der Waals surface area contributed by atoms with E-state index in [1.165, 1.54) is 12.1 Å². The molecule has 0 radical (unpaired) electrons. The first kappa shape index (κ1) is 27.3. The van der Waals surface area contributed by atoms with Crippen LogP contribution in [0.3, 0.4) is 0 Å². The summed E-state index contributed by atoms with van der Waals surface area (Å²) in [7, 11) is 0. The number of carbonyl (C=O) groups is 5. The molecule has 1 aromatic rings. The van der Waals surface area contributed by atoms with Gasteiger partial charge in [-0.15, -0.1) is 0 Å². The number of fused-ring (bicyclic) bond motifs is 1. The van der Waals surface area contributed by atoms with Crippen molar-refractivity contribution in [1.29, 1.82) is 0 Å². The zero-order chi connectivity index (χ0) is 26.8. The third-order valence-corrected chi connectivity index (χ3v) is 6.33. The molecule has 3 rings (SSSR count). The first-order valence-electron chi connectivity index (χ1n) is 12.3. The van der Waals surface area contributed by atoms with Crippen molar-refractivity contribution in [3.8, 4) is 0 Å². The number of nitrogens with one attached hydrogen (secondary N) is 2. The Morgan fingerprint density at radius 3 is 2.08 bits per heavy atom. The van der Waals surface area contributed by atoms with Crippen LogP contribution in [0, 0.1) is 17.3 Å². The highest BCUT2D eigenvalue weighted by atomic mass is 16.5. The van der Waals surface area contributed by atoms with Crippen LogP contribution in [0.5, 0.6) is 0 Å². The van der Waals surface area contributed by atoms with E-state index in [0.29, 0.717) is 11.5 Å². The van der Waals surface area contributed by atoms with Crippen LogP contribution >= 0.6 is 0 Å². The molecular formula is C26H36N4O6. The quantitative estimate of drug-likeness (QED) is 0.256. The maximum Gasteiger partial charge on any atom is 0.263 e. The normalized spacial score (nSPS) is 17.0. The predicted octanol–water partition coefficient (Wildman–Crippen LogP) is 2.32. The predicted molar refractivity (Wildman–Crippen MR) is 131 cm³/mol. The molecule has 36 heavy (non-hydrogen) atoms. The second-order valence-corrected chi connectivity index (χ2v) is 11.1. The number of rotatable bonds is 10. The van der Waals surface area contributed by atoms with Crippen LogP contribution < -0.4 is 10.6 Å². The standard InChI is InChI=1S/C26H36N4O6/c1-15(2)12-16(22(32)28-21(26(3,4)5)23(33)27-17-10-11-17)13-20(31)30(36)14-29-24(34)18-8-6-7-9-19(18)25(29)35/h6-9,15-17,21,36H,10-14H2,1-5H3,(H,27,33)(H,28,32)/t16-,21-/m1/s1. The summed E-state index contributed by atoms with van der Waals surface area (Å²) in [5.41, 5.74) is -0.147. The Hall–Kier alpha value is -3.27. The molecular weight excluding hydrogens is 464 g/mol. The molecule has 1 fully saturated rings. The van der Waals surface area contributed by atoms with Gasteiger partial charge in [-0.2, -0.15) is 0 Å². The molecule has 0 bridgehead atoms. The first-order valence-corrected chi connectivity index (χ1v) is 12.3. The summed E-state index contributed by atoms with van der Waals surface area (Å²) in [5.74, 6) is -3.48. The summed E-state index contributed by atoms with van der Waals surface area (Å²) in [4.78, 5) is 64.8. The average molecular weight is 501 g/mol. The number of nitrogens with zero attached hydrogens (tertiary/aromatic N) is 2. The third kappa shape index (κ3) is 6.48. The molecule has 1 heterocycles. The van der Waals surface area contributed by atoms with E-state index in [4.69, 9.17) is 0 Å². The van der Waals surface area contributed by atoms with Gasteiger partial charge in [0.1, 0.15) is 12.7 Å². The number of hydrogen-bond acceptors (Lipinski definition) is 6. The van der Waals surface area contributed by atoms with Crippen molar-refractivity contribution in [2.75, 3.05) is 6.67 Å². The fourth-order valence-electron chi connectivity index (χ4n) is 4.20. The first-order chi connectivity index (χ1) is 16.8. The molecule has 10 nitrogen and oxygen atoms in total. The summed E-state index contributed by atoms with van der Waals surface area (Å²) >= 11 is 0. The summed E-state index contributed by atoms with van der Waals surface area (Å²) < 4.78 is 0. The van der Waals surface area contributed by atoms with Gasteiger partial charge in [0.2, 0.25) is 17.7 Å². The van der Waals surface area contributed by atoms with Crippen LogP contribution in [0.15, 0.2) is 24.3 Å². The Labute approximate surface area is 211 Å². The topological polar surface area (TPSA) is 136 Å². The van der Waals surface area contributed by atoms with E-state index in [1.807, 2.05) is 34.6 Å². The summed E-state index contributed by atoms with van der Waals surface area (Å²) in [6, 6.07) is 5.61. The van der Waals surface area contributed by atoms with Gasteiger partial charge in [-0.05, 0) is 42.7 Å². The fourth-order valence-corrected chi connectivity index (χ4v) is 4.20. The second kappa shape index (κ2) is 10.8. The lowest BCUT2D eigenvalue weighted by Gasteiger charge is -2.32. The lowest BCUT2D eigenvalue weighted by Crippen LogP contribution is -2.55. The minimum atomic E-state index is -0.812. The van der Waals surface area contributed by atoms with Gasteiger partial charge in [-0.1, -0.05) is 46.8 Å². The van der Waals surface area contributed by atoms with Gasteiger partial charge in [0, 0.05) is 18.4 Å². The summed E-state index contributed by atoms with van der Waals surface area (Å²) in [5, 5.41) is 16.4. The highest BCUT2D eigenvalue weighted by molar-refractivity contribution is 6.21. The minimum absolute atomic E-state index is 0.0605. The molecule has 1 aliphatic carbocycles. The zero-order valence-electron chi connectivity index (χ0n) is 21.5. The van der Waals surface area contributed by atoms with Crippen molar-refractivity contribution in [1.82, 2.24) is 20.6 Å². The van der Waals surface area contributed by atoms with E-state index >= 15 is 0 Å². The number of benzene rings is 1. The van der Waals surface area contributed by atoms with E-state index in [1.54, 1.807) is 12.1 Å². The molecule has 5 amide bonds. The number of amides is 5. The Morgan fingerprint density at radius 1 is 1.06 bits per heavy atom. The maximum atomic E-state index is 13.2. The molecule has 0 aromatic heterocycles. The van der Waals surface area contributed by atoms with Crippen LogP contribution in [0.2, 0.25) is 0 Å². The number of carbonyl (C=O) groups excluding carboxylic acids is 5. The Bertz CT molecular complexity index is 1010. The fraction of sp³-hybridized carbons (Fsp3) is 0.577. The van der Waals surface area contributed by atoms with Crippen molar-refractivity contribution in [3.63, 3.8) is 0 Å². The van der Waals surface area contributed by atoms with Gasteiger partial charge >= 0.3 is 0 Å². The molecule has 0 unspecified atom stereocenters. The lowest BCUT2D eigenvalue weighted by atomic mass is 9.85. The average Bonchev–Trinajstić information content (AvgIpc) is 3.58. The molecule has 2 atom stereocenters. The molecule has 10 heteroatoms. The molecule has 196 valence electrons. The van der Waals surface area contributed by atoms with Crippen molar-refractivity contribution >= 4 is 29.5 Å². The van der Waals surface area contributed by atoms with E-state index < -0.39 is 47.7 Å². The Kier molecular flexibility index (Phi) is 8.18. The Balaban J connectivity index is 1.67. The van der Waals surface area contributed by atoms with Crippen LogP contribution in [0.1, 0.15) is 81.0 Å². The van der Waals surface area contributed by atoms with Gasteiger partial charge < -0.3 is 10.6 Å². The van der Waals surface area contributed by atoms with E-state index in [2.05, 4.69) is 10.6 Å². The van der Waals surface area contributed by atoms with Gasteiger partial charge in [-0.3, -0.25) is 34.1 Å². The van der Waals surface area contributed by atoms with E-state index in [9.17, 15) is 29.2 Å².